The molecule has 0 aliphatic rings. The van der Waals surface area contributed by atoms with Crippen LogP contribution in [0.4, 0.5) is 11.8 Å². The lowest BCUT2D eigenvalue weighted by Gasteiger charge is -2.08. The van der Waals surface area contributed by atoms with Gasteiger partial charge in [-0.25, -0.2) is 4.98 Å². The summed E-state index contributed by atoms with van der Waals surface area (Å²) in [6.45, 7) is 2.21. The highest BCUT2D eigenvalue weighted by Crippen LogP contribution is 2.29. The molecule has 0 saturated carbocycles. The second kappa shape index (κ2) is 4.96. The lowest BCUT2D eigenvalue weighted by Crippen LogP contribution is -2.00. The summed E-state index contributed by atoms with van der Waals surface area (Å²) in [5, 5.41) is 3.14. The van der Waals surface area contributed by atoms with Gasteiger partial charge in [-0.2, -0.15) is 4.98 Å². The molecule has 0 amide bonds. The Kier molecular flexibility index (Phi) is 3.14. The average Bonchev–Trinajstić information content (AvgIpc) is 2.44. The molecule has 0 aliphatic carbocycles. The summed E-state index contributed by atoms with van der Waals surface area (Å²) >= 11 is 0. The topological polar surface area (TPSA) is 77.8 Å². The second-order valence-corrected chi connectivity index (χ2v) is 5.09. The number of unbranched alkanes of at least 4 members (excludes halogenated alkanes) is 1. The lowest BCUT2D eigenvalue weighted by molar-refractivity contribution is 0.796. The zero-order chi connectivity index (χ0) is 14.1. The third-order valence-electron chi connectivity index (χ3n) is 3.61. The molecule has 0 fully saturated rings. The van der Waals surface area contributed by atoms with Gasteiger partial charge < -0.3 is 11.5 Å². The van der Waals surface area contributed by atoms with Crippen molar-refractivity contribution in [3.8, 4) is 0 Å². The Hall–Kier alpha value is -2.36. The van der Waals surface area contributed by atoms with Crippen molar-refractivity contribution >= 4 is 33.4 Å². The average molecular weight is 266 g/mol. The number of aryl methyl sites for hydroxylation is 1. The monoisotopic (exact) mass is 266 g/mol. The summed E-state index contributed by atoms with van der Waals surface area (Å²) in [7, 11) is 0. The summed E-state index contributed by atoms with van der Waals surface area (Å²) in [5.41, 5.74) is 13.8. The highest BCUT2D eigenvalue weighted by atomic mass is 15.0. The SMILES string of the molecule is CCCCc1ccc2c(ccc3nc(N)nc(N)c32)c1. The summed E-state index contributed by atoms with van der Waals surface area (Å²) in [6.07, 6.45) is 3.52. The molecule has 0 radical (unpaired) electrons. The maximum atomic E-state index is 6.01. The fraction of sp³-hybridized carbons (Fsp3) is 0.250. The van der Waals surface area contributed by atoms with Gasteiger partial charge in [0.25, 0.3) is 0 Å². The first-order valence-corrected chi connectivity index (χ1v) is 6.93. The zero-order valence-corrected chi connectivity index (χ0v) is 11.6. The summed E-state index contributed by atoms with van der Waals surface area (Å²) < 4.78 is 0. The number of nitrogens with zero attached hydrogens (tertiary/aromatic N) is 2. The van der Waals surface area contributed by atoms with Gasteiger partial charge in [0.15, 0.2) is 0 Å². The Morgan fingerprint density at radius 2 is 1.90 bits per heavy atom. The molecule has 102 valence electrons. The van der Waals surface area contributed by atoms with Crippen molar-refractivity contribution in [2.45, 2.75) is 26.2 Å². The van der Waals surface area contributed by atoms with Crippen LogP contribution in [-0.4, -0.2) is 9.97 Å². The van der Waals surface area contributed by atoms with Crippen LogP contribution < -0.4 is 11.5 Å². The van der Waals surface area contributed by atoms with Crippen molar-refractivity contribution in [3.05, 3.63) is 35.9 Å². The minimum atomic E-state index is 0.217. The number of fused-ring (bicyclic) bond motifs is 3. The molecule has 20 heavy (non-hydrogen) atoms. The van der Waals surface area contributed by atoms with Crippen LogP contribution in [0.2, 0.25) is 0 Å². The van der Waals surface area contributed by atoms with Crippen molar-refractivity contribution in [2.75, 3.05) is 11.5 Å². The Bertz CT molecular complexity index is 780. The van der Waals surface area contributed by atoms with E-state index >= 15 is 0 Å². The normalized spacial score (nSPS) is 11.2. The largest absolute Gasteiger partial charge is 0.383 e. The smallest absolute Gasteiger partial charge is 0.222 e. The zero-order valence-electron chi connectivity index (χ0n) is 11.6. The molecule has 1 heterocycles. The summed E-state index contributed by atoms with van der Waals surface area (Å²) in [4.78, 5) is 8.31. The van der Waals surface area contributed by atoms with E-state index in [4.69, 9.17) is 11.5 Å². The van der Waals surface area contributed by atoms with E-state index < -0.39 is 0 Å². The number of nitrogen functional groups attached to an aromatic ring is 2. The van der Waals surface area contributed by atoms with Gasteiger partial charge in [0, 0.05) is 0 Å². The Morgan fingerprint density at radius 1 is 1.05 bits per heavy atom. The highest BCUT2D eigenvalue weighted by molar-refractivity contribution is 6.11. The molecule has 0 bridgehead atoms. The van der Waals surface area contributed by atoms with Crippen molar-refractivity contribution in [1.29, 1.82) is 0 Å². The van der Waals surface area contributed by atoms with Gasteiger partial charge in [-0.3, -0.25) is 0 Å². The lowest BCUT2D eigenvalue weighted by atomic mass is 10.0. The van der Waals surface area contributed by atoms with Crippen LogP contribution in [0.25, 0.3) is 21.7 Å². The number of aromatic nitrogens is 2. The first kappa shape index (κ1) is 12.7. The van der Waals surface area contributed by atoms with Crippen LogP contribution >= 0.6 is 0 Å². The minimum Gasteiger partial charge on any atom is -0.383 e. The molecule has 0 aliphatic heterocycles. The van der Waals surface area contributed by atoms with Gasteiger partial charge in [0.1, 0.15) is 5.82 Å². The maximum Gasteiger partial charge on any atom is 0.222 e. The van der Waals surface area contributed by atoms with Crippen LogP contribution in [0.3, 0.4) is 0 Å². The summed E-state index contributed by atoms with van der Waals surface area (Å²) in [5.74, 6) is 0.660. The number of hydrogen-bond donors (Lipinski definition) is 2. The number of anilines is 2. The molecule has 4 heteroatoms. The third-order valence-corrected chi connectivity index (χ3v) is 3.61. The van der Waals surface area contributed by atoms with E-state index in [1.54, 1.807) is 0 Å². The van der Waals surface area contributed by atoms with Gasteiger partial charge in [-0.1, -0.05) is 37.6 Å². The van der Waals surface area contributed by atoms with Crippen LogP contribution in [0, 0.1) is 0 Å². The predicted octanol–water partition coefficient (Wildman–Crippen LogP) is 3.29. The molecule has 2 aromatic carbocycles. The maximum absolute atomic E-state index is 6.01. The summed E-state index contributed by atoms with van der Waals surface area (Å²) in [6, 6.07) is 10.5. The van der Waals surface area contributed by atoms with Gasteiger partial charge in [0.05, 0.1) is 10.9 Å². The second-order valence-electron chi connectivity index (χ2n) is 5.09. The van der Waals surface area contributed by atoms with Crippen molar-refractivity contribution in [1.82, 2.24) is 9.97 Å². The predicted molar refractivity (Wildman–Crippen MR) is 84.5 cm³/mol. The first-order valence-electron chi connectivity index (χ1n) is 6.93. The van der Waals surface area contributed by atoms with E-state index in [1.807, 2.05) is 6.07 Å². The van der Waals surface area contributed by atoms with E-state index in [0.717, 1.165) is 22.7 Å². The van der Waals surface area contributed by atoms with E-state index in [-0.39, 0.29) is 5.95 Å². The third kappa shape index (κ3) is 2.13. The molecule has 3 rings (SSSR count). The van der Waals surface area contributed by atoms with E-state index in [9.17, 15) is 0 Å². The molecule has 0 atom stereocenters. The van der Waals surface area contributed by atoms with Crippen molar-refractivity contribution in [3.63, 3.8) is 0 Å². The van der Waals surface area contributed by atoms with Gasteiger partial charge in [0.2, 0.25) is 5.95 Å². The van der Waals surface area contributed by atoms with Crippen LogP contribution in [0.1, 0.15) is 25.3 Å². The van der Waals surface area contributed by atoms with Crippen LogP contribution in [-0.2, 0) is 6.42 Å². The highest BCUT2D eigenvalue weighted by Gasteiger charge is 2.08. The molecule has 3 aromatic rings. The number of rotatable bonds is 3. The minimum absolute atomic E-state index is 0.217. The van der Waals surface area contributed by atoms with Gasteiger partial charge in [-0.15, -0.1) is 0 Å². The molecule has 4 nitrogen and oxygen atoms in total. The number of hydrogen-bond acceptors (Lipinski definition) is 4. The number of nitrogens with two attached hydrogens (primary N) is 2. The molecular formula is C16H18N4. The molecule has 1 aromatic heterocycles. The van der Waals surface area contributed by atoms with E-state index in [2.05, 4.69) is 41.2 Å². The fourth-order valence-corrected chi connectivity index (χ4v) is 2.59. The molecule has 0 saturated heterocycles. The molecule has 0 spiro atoms. The first-order chi connectivity index (χ1) is 9.69. The van der Waals surface area contributed by atoms with Crippen molar-refractivity contribution < 1.29 is 0 Å². The Labute approximate surface area is 117 Å². The molecule has 4 N–H and O–H groups in total. The number of benzene rings is 2. The quantitative estimate of drug-likeness (QED) is 0.713. The molecular weight excluding hydrogens is 248 g/mol. The van der Waals surface area contributed by atoms with Crippen LogP contribution in [0.15, 0.2) is 30.3 Å². The van der Waals surface area contributed by atoms with Crippen molar-refractivity contribution in [2.24, 2.45) is 0 Å². The standard InChI is InChI=1S/C16H18N4/c1-2-3-4-10-5-7-12-11(9-10)6-8-13-14(12)15(17)20-16(18)19-13/h5-9H,2-4H2,1H3,(H4,17,18,19,20). The molecule has 0 unspecified atom stereocenters. The Balaban J connectivity index is 2.22. The van der Waals surface area contributed by atoms with Gasteiger partial charge >= 0.3 is 0 Å². The Morgan fingerprint density at radius 3 is 2.70 bits per heavy atom. The van der Waals surface area contributed by atoms with E-state index in [1.165, 1.54) is 23.8 Å². The van der Waals surface area contributed by atoms with Crippen LogP contribution in [0.5, 0.6) is 0 Å². The van der Waals surface area contributed by atoms with E-state index in [0.29, 0.717) is 5.82 Å². The van der Waals surface area contributed by atoms with Gasteiger partial charge in [-0.05, 0) is 35.2 Å². The fourth-order valence-electron chi connectivity index (χ4n) is 2.59.